The van der Waals surface area contributed by atoms with E-state index in [-0.39, 0.29) is 6.04 Å². The third-order valence-electron chi connectivity index (χ3n) is 1.63. The summed E-state index contributed by atoms with van der Waals surface area (Å²) in [6, 6.07) is 0.234. The van der Waals surface area contributed by atoms with Gasteiger partial charge < -0.3 is 10.4 Å². The summed E-state index contributed by atoms with van der Waals surface area (Å²) in [5.41, 5.74) is 1.08. The van der Waals surface area contributed by atoms with Gasteiger partial charge >= 0.3 is 5.97 Å². The van der Waals surface area contributed by atoms with Crippen LogP contribution in [-0.4, -0.2) is 17.1 Å². The smallest absolute Gasteiger partial charge is 0.337 e. The molecule has 3 heteroatoms. The quantitative estimate of drug-likeness (QED) is 0.588. The van der Waals surface area contributed by atoms with Gasteiger partial charge in [0.15, 0.2) is 0 Å². The lowest BCUT2D eigenvalue weighted by Gasteiger charge is -2.17. The Balaban J connectivity index is 2.88. The molecule has 2 N–H and O–H groups in total. The molecule has 11 heavy (non-hydrogen) atoms. The van der Waals surface area contributed by atoms with Crippen molar-refractivity contribution in [3.8, 4) is 0 Å². The van der Waals surface area contributed by atoms with Gasteiger partial charge in [-0.25, -0.2) is 4.79 Å². The van der Waals surface area contributed by atoms with Gasteiger partial charge in [0.2, 0.25) is 0 Å². The zero-order valence-corrected chi connectivity index (χ0v) is 6.59. The van der Waals surface area contributed by atoms with Crippen LogP contribution in [0.15, 0.2) is 23.4 Å². The lowest BCUT2D eigenvalue weighted by molar-refractivity contribution is -0.132. The fourth-order valence-electron chi connectivity index (χ4n) is 1.06. The van der Waals surface area contributed by atoms with Crippen LogP contribution in [0.5, 0.6) is 0 Å². The van der Waals surface area contributed by atoms with Gasteiger partial charge in [-0.1, -0.05) is 6.08 Å². The maximum Gasteiger partial charge on any atom is 0.337 e. The summed E-state index contributed by atoms with van der Waals surface area (Å²) in [4.78, 5) is 10.5. The van der Waals surface area contributed by atoms with Crippen LogP contribution in [0, 0.1) is 0 Å². The van der Waals surface area contributed by atoms with Gasteiger partial charge in [-0.15, -0.1) is 0 Å². The Morgan fingerprint density at radius 1 is 1.73 bits per heavy atom. The number of rotatable bonds is 1. The molecule has 60 valence electrons. The summed E-state index contributed by atoms with van der Waals surface area (Å²) in [7, 11) is 0. The topological polar surface area (TPSA) is 49.3 Å². The predicted molar refractivity (Wildman–Crippen MR) is 42.1 cm³/mol. The maximum absolute atomic E-state index is 10.5. The summed E-state index contributed by atoms with van der Waals surface area (Å²) in [6.07, 6.45) is 3.47. The molecule has 0 fully saturated rings. The number of nitrogens with one attached hydrogen (secondary N) is 1. The predicted octanol–water partition coefficient (Wildman–Crippen LogP) is 0.893. The molecule has 1 atom stereocenters. The highest BCUT2D eigenvalue weighted by atomic mass is 16.4. The molecule has 0 amide bonds. The zero-order chi connectivity index (χ0) is 8.43. The summed E-state index contributed by atoms with van der Waals surface area (Å²) in [6.45, 7) is 3.74. The van der Waals surface area contributed by atoms with Crippen molar-refractivity contribution in [2.45, 2.75) is 19.9 Å². The van der Waals surface area contributed by atoms with Crippen LogP contribution in [-0.2, 0) is 4.79 Å². The third kappa shape index (κ3) is 1.61. The van der Waals surface area contributed by atoms with Crippen molar-refractivity contribution in [1.29, 1.82) is 0 Å². The first-order valence-electron chi connectivity index (χ1n) is 3.50. The van der Waals surface area contributed by atoms with E-state index in [9.17, 15) is 4.79 Å². The van der Waals surface area contributed by atoms with Gasteiger partial charge in [0.05, 0.1) is 5.57 Å². The molecule has 0 aromatic heterocycles. The SMILES string of the molecule is CC1=C(C(=O)O)C=C[C@@H](C)N1. The highest BCUT2D eigenvalue weighted by Gasteiger charge is 2.13. The molecular formula is C8H11NO2. The molecule has 0 unspecified atom stereocenters. The fourth-order valence-corrected chi connectivity index (χ4v) is 1.06. The molecule has 0 aromatic carbocycles. The maximum atomic E-state index is 10.5. The van der Waals surface area contributed by atoms with Gasteiger partial charge in [-0.3, -0.25) is 0 Å². The third-order valence-corrected chi connectivity index (χ3v) is 1.63. The van der Waals surface area contributed by atoms with Crippen LogP contribution < -0.4 is 5.32 Å². The summed E-state index contributed by atoms with van der Waals surface area (Å²) in [5, 5.41) is 11.7. The summed E-state index contributed by atoms with van der Waals surface area (Å²) in [5.74, 6) is -0.877. The van der Waals surface area contributed by atoms with E-state index < -0.39 is 5.97 Å². The van der Waals surface area contributed by atoms with E-state index in [0.29, 0.717) is 5.57 Å². The molecule has 0 spiro atoms. The van der Waals surface area contributed by atoms with Crippen LogP contribution in [0.3, 0.4) is 0 Å². The van der Waals surface area contributed by atoms with E-state index in [4.69, 9.17) is 5.11 Å². The minimum Gasteiger partial charge on any atom is -0.478 e. The Morgan fingerprint density at radius 2 is 2.36 bits per heavy atom. The molecule has 0 radical (unpaired) electrons. The Hall–Kier alpha value is -1.25. The zero-order valence-electron chi connectivity index (χ0n) is 6.59. The molecular weight excluding hydrogens is 142 g/mol. The van der Waals surface area contributed by atoms with E-state index in [1.54, 1.807) is 13.0 Å². The minimum atomic E-state index is -0.877. The van der Waals surface area contributed by atoms with E-state index in [0.717, 1.165) is 5.70 Å². The number of carboxylic acids is 1. The average Bonchev–Trinajstić information content (AvgIpc) is 1.85. The van der Waals surface area contributed by atoms with Crippen LogP contribution >= 0.6 is 0 Å². The lowest BCUT2D eigenvalue weighted by atomic mass is 10.1. The first kappa shape index (κ1) is 7.85. The molecule has 0 aliphatic carbocycles. The number of allylic oxidation sites excluding steroid dienone is 1. The Morgan fingerprint density at radius 3 is 2.82 bits per heavy atom. The Bertz CT molecular complexity index is 240. The number of aliphatic carboxylic acids is 1. The van der Waals surface area contributed by atoms with Gasteiger partial charge in [-0.2, -0.15) is 0 Å². The molecule has 1 aliphatic heterocycles. The van der Waals surface area contributed by atoms with Gasteiger partial charge in [-0.05, 0) is 19.9 Å². The highest BCUT2D eigenvalue weighted by molar-refractivity contribution is 5.90. The van der Waals surface area contributed by atoms with Gasteiger partial charge in [0.1, 0.15) is 0 Å². The molecule has 1 rings (SSSR count). The van der Waals surface area contributed by atoms with Crippen molar-refractivity contribution in [3.63, 3.8) is 0 Å². The highest BCUT2D eigenvalue weighted by Crippen LogP contribution is 2.10. The second-order valence-electron chi connectivity index (χ2n) is 2.64. The lowest BCUT2D eigenvalue weighted by Crippen LogP contribution is -2.27. The molecule has 0 aromatic rings. The molecule has 0 bridgehead atoms. The first-order chi connectivity index (χ1) is 5.11. The number of carboxylic acid groups (broad SMARTS) is 1. The van der Waals surface area contributed by atoms with E-state index in [1.807, 2.05) is 13.0 Å². The van der Waals surface area contributed by atoms with Crippen LogP contribution in [0.1, 0.15) is 13.8 Å². The van der Waals surface area contributed by atoms with Crippen LogP contribution in [0.2, 0.25) is 0 Å². The van der Waals surface area contributed by atoms with Crippen molar-refractivity contribution in [2.75, 3.05) is 0 Å². The molecule has 0 saturated carbocycles. The van der Waals surface area contributed by atoms with Crippen molar-refractivity contribution in [1.82, 2.24) is 5.32 Å². The van der Waals surface area contributed by atoms with E-state index >= 15 is 0 Å². The van der Waals surface area contributed by atoms with Crippen molar-refractivity contribution in [3.05, 3.63) is 23.4 Å². The number of carbonyl (C=O) groups is 1. The summed E-state index contributed by atoms with van der Waals surface area (Å²) >= 11 is 0. The van der Waals surface area contributed by atoms with Crippen molar-refractivity contribution in [2.24, 2.45) is 0 Å². The molecule has 3 nitrogen and oxygen atoms in total. The molecule has 1 aliphatic rings. The minimum absolute atomic E-state index is 0.234. The number of dihydropyridines is 1. The van der Waals surface area contributed by atoms with Gasteiger partial charge in [0, 0.05) is 11.7 Å². The van der Waals surface area contributed by atoms with E-state index in [1.165, 1.54) is 0 Å². The number of hydrogen-bond donors (Lipinski definition) is 2. The Labute approximate surface area is 65.4 Å². The number of hydrogen-bond acceptors (Lipinski definition) is 2. The molecule has 0 saturated heterocycles. The first-order valence-corrected chi connectivity index (χ1v) is 3.50. The summed E-state index contributed by atoms with van der Waals surface area (Å²) < 4.78 is 0. The van der Waals surface area contributed by atoms with Crippen molar-refractivity contribution >= 4 is 5.97 Å². The average molecular weight is 153 g/mol. The van der Waals surface area contributed by atoms with E-state index in [2.05, 4.69) is 5.32 Å². The largest absolute Gasteiger partial charge is 0.478 e. The normalized spacial score (nSPS) is 23.3. The van der Waals surface area contributed by atoms with Gasteiger partial charge in [0.25, 0.3) is 0 Å². The van der Waals surface area contributed by atoms with Crippen molar-refractivity contribution < 1.29 is 9.90 Å². The Kier molecular flexibility index (Phi) is 1.98. The monoisotopic (exact) mass is 153 g/mol. The van der Waals surface area contributed by atoms with Crippen LogP contribution in [0.25, 0.3) is 0 Å². The fraction of sp³-hybridized carbons (Fsp3) is 0.375. The standard InChI is InChI=1S/C8H11NO2/c1-5-3-4-7(8(10)11)6(2)9-5/h3-5,9H,1-2H3,(H,10,11)/t5-/m1/s1. The second kappa shape index (κ2) is 2.78. The molecule has 1 heterocycles. The van der Waals surface area contributed by atoms with Crippen LogP contribution in [0.4, 0.5) is 0 Å². The second-order valence-corrected chi connectivity index (χ2v) is 2.64.